The zero-order valence-corrected chi connectivity index (χ0v) is 8.91. The van der Waals surface area contributed by atoms with Crippen molar-refractivity contribution in [3.05, 3.63) is 45.7 Å². The van der Waals surface area contributed by atoms with Crippen molar-refractivity contribution in [2.45, 2.75) is 6.92 Å². The Morgan fingerprint density at radius 3 is 2.75 bits per heavy atom. The van der Waals surface area contributed by atoms with Crippen LogP contribution in [-0.2, 0) is 0 Å². The number of benzene rings is 1. The molecule has 0 aliphatic carbocycles. The molecule has 0 bridgehead atoms. The Morgan fingerprint density at radius 2 is 2.06 bits per heavy atom. The van der Waals surface area contributed by atoms with Crippen LogP contribution in [0.1, 0.15) is 15.9 Å². The van der Waals surface area contributed by atoms with Crippen molar-refractivity contribution in [1.82, 2.24) is 4.98 Å². The lowest BCUT2D eigenvalue weighted by Crippen LogP contribution is -2.15. The molecule has 1 aromatic heterocycles. The number of Topliss-reactive ketones (excluding diaryl/α,β-unsaturated/α-hetero) is 1. The number of pyridine rings is 1. The smallest absolute Gasteiger partial charge is 0.248 e. The Kier molecular flexibility index (Phi) is 2.58. The molecule has 2 rings (SSSR count). The summed E-state index contributed by atoms with van der Waals surface area (Å²) in [6.45, 7) is 1.85. The van der Waals surface area contributed by atoms with Crippen molar-refractivity contribution in [2.24, 2.45) is 5.73 Å². The number of carbonyl (C=O) groups is 1. The van der Waals surface area contributed by atoms with Crippen molar-refractivity contribution in [1.29, 1.82) is 0 Å². The Labute approximate surface area is 92.1 Å². The number of ketones is 1. The van der Waals surface area contributed by atoms with Crippen LogP contribution in [0.5, 0.6) is 0 Å². The quantitative estimate of drug-likeness (QED) is 0.734. The van der Waals surface area contributed by atoms with Gasteiger partial charge in [0.05, 0.1) is 12.1 Å². The predicted octanol–water partition coefficient (Wildman–Crippen LogP) is 0.978. The maximum atomic E-state index is 11.6. The summed E-state index contributed by atoms with van der Waals surface area (Å²) in [5.41, 5.74) is 7.36. The summed E-state index contributed by atoms with van der Waals surface area (Å²) in [5.74, 6) is -0.128. The Morgan fingerprint density at radius 1 is 1.31 bits per heavy atom. The molecule has 82 valence electrons. The maximum Gasteiger partial charge on any atom is 0.248 e. The third-order valence-corrected chi connectivity index (χ3v) is 2.59. The highest BCUT2D eigenvalue weighted by atomic mass is 16.1. The summed E-state index contributed by atoms with van der Waals surface area (Å²) in [7, 11) is 0. The van der Waals surface area contributed by atoms with Crippen molar-refractivity contribution in [3.8, 4) is 0 Å². The first-order valence-electron chi connectivity index (χ1n) is 4.99. The van der Waals surface area contributed by atoms with Crippen LogP contribution in [-0.4, -0.2) is 17.3 Å². The first kappa shape index (κ1) is 10.6. The highest BCUT2D eigenvalue weighted by molar-refractivity contribution is 6.08. The number of nitrogens with one attached hydrogen (secondary N) is 1. The van der Waals surface area contributed by atoms with E-state index in [0.717, 1.165) is 10.9 Å². The van der Waals surface area contributed by atoms with E-state index < -0.39 is 0 Å². The van der Waals surface area contributed by atoms with Gasteiger partial charge in [-0.05, 0) is 18.6 Å². The lowest BCUT2D eigenvalue weighted by molar-refractivity contribution is 0.100. The summed E-state index contributed by atoms with van der Waals surface area (Å²) in [4.78, 5) is 25.6. The zero-order valence-electron chi connectivity index (χ0n) is 8.91. The van der Waals surface area contributed by atoms with E-state index in [-0.39, 0.29) is 17.9 Å². The van der Waals surface area contributed by atoms with Crippen LogP contribution in [0.25, 0.3) is 10.9 Å². The van der Waals surface area contributed by atoms with Gasteiger partial charge in [-0.1, -0.05) is 12.1 Å². The molecule has 1 aromatic carbocycles. The second-order valence-electron chi connectivity index (χ2n) is 3.67. The minimum atomic E-state index is -0.173. The zero-order chi connectivity index (χ0) is 11.7. The number of aromatic nitrogens is 1. The molecule has 0 saturated carbocycles. The normalized spacial score (nSPS) is 10.6. The minimum absolute atomic E-state index is 0.0305. The molecule has 0 unspecified atom stereocenters. The second-order valence-corrected chi connectivity index (χ2v) is 3.67. The van der Waals surface area contributed by atoms with Crippen molar-refractivity contribution in [2.75, 3.05) is 6.54 Å². The second kappa shape index (κ2) is 3.90. The lowest BCUT2D eigenvalue weighted by atomic mass is 10.0. The molecule has 0 atom stereocenters. The van der Waals surface area contributed by atoms with Gasteiger partial charge in [-0.2, -0.15) is 0 Å². The third kappa shape index (κ3) is 1.63. The third-order valence-electron chi connectivity index (χ3n) is 2.59. The molecule has 4 nitrogen and oxygen atoms in total. The molecular formula is C12H12N2O2. The molecule has 2 aromatic rings. The summed E-state index contributed by atoms with van der Waals surface area (Å²) < 4.78 is 0. The molecule has 1 heterocycles. The van der Waals surface area contributed by atoms with Crippen LogP contribution in [0.2, 0.25) is 0 Å². The molecule has 0 radical (unpaired) electrons. The van der Waals surface area contributed by atoms with Crippen LogP contribution >= 0.6 is 0 Å². The van der Waals surface area contributed by atoms with Gasteiger partial charge in [-0.3, -0.25) is 9.59 Å². The Bertz CT molecular complexity index is 614. The average molecular weight is 216 g/mol. The van der Waals surface area contributed by atoms with Gasteiger partial charge in [-0.15, -0.1) is 0 Å². The number of carbonyl (C=O) groups excluding carboxylic acids is 1. The standard InChI is InChI=1S/C12H12N2O2/c1-7-2-3-8(10(15)6-13)9-4-5-11(16)14-12(7)9/h2-5H,6,13H2,1H3,(H,14,16). The van der Waals surface area contributed by atoms with Crippen LogP contribution in [0, 0.1) is 6.92 Å². The van der Waals surface area contributed by atoms with Gasteiger partial charge in [0, 0.05) is 17.0 Å². The van der Waals surface area contributed by atoms with Gasteiger partial charge in [0.15, 0.2) is 5.78 Å². The summed E-state index contributed by atoms with van der Waals surface area (Å²) in [6, 6.07) is 6.62. The monoisotopic (exact) mass is 216 g/mol. The fourth-order valence-corrected chi connectivity index (χ4v) is 1.74. The van der Waals surface area contributed by atoms with Crippen molar-refractivity contribution < 1.29 is 4.79 Å². The van der Waals surface area contributed by atoms with Gasteiger partial charge in [0.2, 0.25) is 5.56 Å². The number of fused-ring (bicyclic) bond motifs is 1. The predicted molar refractivity (Wildman–Crippen MR) is 62.7 cm³/mol. The Balaban J connectivity index is 2.84. The molecule has 0 amide bonds. The van der Waals surface area contributed by atoms with E-state index in [2.05, 4.69) is 4.98 Å². The van der Waals surface area contributed by atoms with E-state index in [0.29, 0.717) is 11.1 Å². The van der Waals surface area contributed by atoms with Crippen LogP contribution in [0.15, 0.2) is 29.1 Å². The van der Waals surface area contributed by atoms with Crippen LogP contribution in [0.4, 0.5) is 0 Å². The number of hydrogen-bond acceptors (Lipinski definition) is 3. The number of aryl methyl sites for hydroxylation is 1. The topological polar surface area (TPSA) is 76.0 Å². The summed E-state index contributed by atoms with van der Waals surface area (Å²) >= 11 is 0. The molecule has 0 aliphatic rings. The largest absolute Gasteiger partial charge is 0.324 e. The molecule has 0 aliphatic heterocycles. The minimum Gasteiger partial charge on any atom is -0.324 e. The number of nitrogens with two attached hydrogens (primary N) is 1. The summed E-state index contributed by atoms with van der Waals surface area (Å²) in [6.07, 6.45) is 0. The van der Waals surface area contributed by atoms with E-state index in [1.807, 2.05) is 6.92 Å². The van der Waals surface area contributed by atoms with Crippen molar-refractivity contribution in [3.63, 3.8) is 0 Å². The van der Waals surface area contributed by atoms with Crippen molar-refractivity contribution >= 4 is 16.7 Å². The lowest BCUT2D eigenvalue weighted by Gasteiger charge is -2.06. The average Bonchev–Trinajstić information content (AvgIpc) is 2.29. The number of aromatic amines is 1. The number of hydrogen-bond donors (Lipinski definition) is 2. The van der Waals surface area contributed by atoms with E-state index >= 15 is 0 Å². The Hall–Kier alpha value is -1.94. The molecule has 0 fully saturated rings. The molecule has 0 spiro atoms. The van der Waals surface area contributed by atoms with Gasteiger partial charge in [0.25, 0.3) is 0 Å². The highest BCUT2D eigenvalue weighted by Crippen LogP contribution is 2.19. The number of rotatable bonds is 2. The van der Waals surface area contributed by atoms with E-state index in [9.17, 15) is 9.59 Å². The first-order chi connectivity index (χ1) is 7.63. The van der Waals surface area contributed by atoms with E-state index in [1.54, 1.807) is 18.2 Å². The molecule has 3 N–H and O–H groups in total. The summed E-state index contributed by atoms with van der Waals surface area (Å²) in [5, 5.41) is 0.745. The fraction of sp³-hybridized carbons (Fsp3) is 0.167. The van der Waals surface area contributed by atoms with Crippen LogP contribution in [0.3, 0.4) is 0 Å². The van der Waals surface area contributed by atoms with Gasteiger partial charge >= 0.3 is 0 Å². The fourth-order valence-electron chi connectivity index (χ4n) is 1.74. The molecular weight excluding hydrogens is 204 g/mol. The molecule has 0 saturated heterocycles. The molecule has 16 heavy (non-hydrogen) atoms. The number of H-pyrrole nitrogens is 1. The van der Waals surface area contributed by atoms with E-state index in [4.69, 9.17) is 5.73 Å². The van der Waals surface area contributed by atoms with Gasteiger partial charge in [-0.25, -0.2) is 0 Å². The SMILES string of the molecule is Cc1ccc(C(=O)CN)c2ccc(=O)[nH]c12. The van der Waals surface area contributed by atoms with Gasteiger partial charge in [0.1, 0.15) is 0 Å². The highest BCUT2D eigenvalue weighted by Gasteiger charge is 2.09. The van der Waals surface area contributed by atoms with Crippen LogP contribution < -0.4 is 11.3 Å². The maximum absolute atomic E-state index is 11.6. The molecule has 4 heteroatoms. The van der Waals surface area contributed by atoms with E-state index in [1.165, 1.54) is 6.07 Å². The van der Waals surface area contributed by atoms with Gasteiger partial charge < -0.3 is 10.7 Å². The first-order valence-corrected chi connectivity index (χ1v) is 4.99.